The summed E-state index contributed by atoms with van der Waals surface area (Å²) in [5, 5.41) is 14.2. The van der Waals surface area contributed by atoms with Gasteiger partial charge in [-0.3, -0.25) is 4.79 Å². The Morgan fingerprint density at radius 3 is 2.48 bits per heavy atom. The molecule has 0 heterocycles. The molecule has 0 saturated carbocycles. The van der Waals surface area contributed by atoms with E-state index in [2.05, 4.69) is 5.32 Å². The fourth-order valence-electron chi connectivity index (χ4n) is 2.28. The SMILES string of the molecule is Nc1cccc(C(=O)Nc2cccc3c(O)cccc23)c1. The van der Waals surface area contributed by atoms with Gasteiger partial charge in [0.25, 0.3) is 5.91 Å². The molecule has 0 spiro atoms. The van der Waals surface area contributed by atoms with Gasteiger partial charge in [-0.15, -0.1) is 0 Å². The normalized spacial score (nSPS) is 10.5. The fraction of sp³-hybridized carbons (Fsp3) is 0. The van der Waals surface area contributed by atoms with Crippen LogP contribution in [0.15, 0.2) is 60.7 Å². The average molecular weight is 278 g/mol. The summed E-state index contributed by atoms with van der Waals surface area (Å²) in [6, 6.07) is 17.4. The van der Waals surface area contributed by atoms with Crippen LogP contribution in [0.25, 0.3) is 10.8 Å². The van der Waals surface area contributed by atoms with Gasteiger partial charge >= 0.3 is 0 Å². The van der Waals surface area contributed by atoms with Gasteiger partial charge in [-0.1, -0.05) is 30.3 Å². The molecule has 0 unspecified atom stereocenters. The number of hydrogen-bond donors (Lipinski definition) is 3. The molecule has 0 aliphatic heterocycles. The predicted octanol–water partition coefficient (Wildman–Crippen LogP) is 3.38. The number of nitrogen functional groups attached to an aromatic ring is 1. The molecule has 0 aromatic heterocycles. The summed E-state index contributed by atoms with van der Waals surface area (Å²) in [6.45, 7) is 0. The van der Waals surface area contributed by atoms with E-state index in [0.717, 1.165) is 5.39 Å². The number of benzene rings is 3. The number of rotatable bonds is 2. The molecule has 104 valence electrons. The van der Waals surface area contributed by atoms with Crippen molar-refractivity contribution in [3.63, 3.8) is 0 Å². The average Bonchev–Trinajstić information content (AvgIpc) is 2.48. The Labute approximate surface area is 121 Å². The molecule has 0 atom stereocenters. The lowest BCUT2D eigenvalue weighted by molar-refractivity contribution is 0.102. The first-order chi connectivity index (χ1) is 10.1. The fourth-order valence-corrected chi connectivity index (χ4v) is 2.28. The van der Waals surface area contributed by atoms with Gasteiger partial charge in [-0.05, 0) is 30.3 Å². The number of fused-ring (bicyclic) bond motifs is 1. The second-order valence-corrected chi connectivity index (χ2v) is 4.76. The van der Waals surface area contributed by atoms with Gasteiger partial charge in [0.1, 0.15) is 5.75 Å². The van der Waals surface area contributed by atoms with Crippen molar-refractivity contribution in [3.05, 3.63) is 66.2 Å². The van der Waals surface area contributed by atoms with E-state index in [1.165, 1.54) is 0 Å². The van der Waals surface area contributed by atoms with Crippen LogP contribution in [-0.4, -0.2) is 11.0 Å². The van der Waals surface area contributed by atoms with Crippen LogP contribution < -0.4 is 11.1 Å². The molecule has 4 heteroatoms. The molecule has 3 aromatic carbocycles. The molecule has 4 nitrogen and oxygen atoms in total. The van der Waals surface area contributed by atoms with Crippen molar-refractivity contribution in [2.45, 2.75) is 0 Å². The Hall–Kier alpha value is -3.01. The zero-order valence-electron chi connectivity index (χ0n) is 11.2. The molecule has 0 fully saturated rings. The third kappa shape index (κ3) is 2.51. The molecule has 3 rings (SSSR count). The van der Waals surface area contributed by atoms with Gasteiger partial charge in [0.2, 0.25) is 0 Å². The van der Waals surface area contributed by atoms with Crippen molar-refractivity contribution in [1.82, 2.24) is 0 Å². The molecule has 0 aliphatic carbocycles. The van der Waals surface area contributed by atoms with Crippen LogP contribution in [-0.2, 0) is 0 Å². The topological polar surface area (TPSA) is 75.4 Å². The van der Waals surface area contributed by atoms with Gasteiger partial charge in [-0.25, -0.2) is 0 Å². The monoisotopic (exact) mass is 278 g/mol. The van der Waals surface area contributed by atoms with E-state index in [1.807, 2.05) is 6.07 Å². The maximum atomic E-state index is 12.3. The predicted molar refractivity (Wildman–Crippen MR) is 84.4 cm³/mol. The smallest absolute Gasteiger partial charge is 0.255 e. The standard InChI is InChI=1S/C17H14N2O2/c18-12-5-1-4-11(10-12)17(21)19-15-8-2-7-14-13(15)6-3-9-16(14)20/h1-10,20H,18H2,(H,19,21). The van der Waals surface area contributed by atoms with E-state index in [4.69, 9.17) is 5.73 Å². The first-order valence-corrected chi connectivity index (χ1v) is 6.53. The van der Waals surface area contributed by atoms with E-state index in [1.54, 1.807) is 54.6 Å². The third-order valence-corrected chi connectivity index (χ3v) is 3.30. The third-order valence-electron chi connectivity index (χ3n) is 3.30. The summed E-state index contributed by atoms with van der Waals surface area (Å²) < 4.78 is 0. The second kappa shape index (κ2) is 5.17. The lowest BCUT2D eigenvalue weighted by Crippen LogP contribution is -2.12. The van der Waals surface area contributed by atoms with Gasteiger partial charge in [0.05, 0.1) is 0 Å². The zero-order valence-corrected chi connectivity index (χ0v) is 11.2. The Balaban J connectivity index is 1.99. The minimum Gasteiger partial charge on any atom is -0.507 e. The zero-order chi connectivity index (χ0) is 14.8. The number of carbonyl (C=O) groups is 1. The minimum absolute atomic E-state index is 0.188. The van der Waals surface area contributed by atoms with E-state index in [9.17, 15) is 9.90 Å². The van der Waals surface area contributed by atoms with Crippen molar-refractivity contribution in [3.8, 4) is 5.75 Å². The van der Waals surface area contributed by atoms with Crippen molar-refractivity contribution in [2.75, 3.05) is 11.1 Å². The maximum Gasteiger partial charge on any atom is 0.255 e. The Bertz CT molecular complexity index is 828. The molecule has 4 N–H and O–H groups in total. The maximum absolute atomic E-state index is 12.3. The highest BCUT2D eigenvalue weighted by Crippen LogP contribution is 2.30. The van der Waals surface area contributed by atoms with Crippen LogP contribution in [0.4, 0.5) is 11.4 Å². The van der Waals surface area contributed by atoms with Crippen molar-refractivity contribution in [2.24, 2.45) is 0 Å². The van der Waals surface area contributed by atoms with Gasteiger partial charge in [0.15, 0.2) is 0 Å². The van der Waals surface area contributed by atoms with Crippen LogP contribution in [0, 0.1) is 0 Å². The van der Waals surface area contributed by atoms with Gasteiger partial charge < -0.3 is 16.2 Å². The van der Waals surface area contributed by atoms with Crippen LogP contribution >= 0.6 is 0 Å². The van der Waals surface area contributed by atoms with Crippen molar-refractivity contribution >= 4 is 28.1 Å². The quantitative estimate of drug-likeness (QED) is 0.629. The molecule has 0 bridgehead atoms. The van der Waals surface area contributed by atoms with Gasteiger partial charge in [0, 0.05) is 27.7 Å². The number of anilines is 2. The van der Waals surface area contributed by atoms with Crippen LogP contribution in [0.3, 0.4) is 0 Å². The minimum atomic E-state index is -0.238. The molecular weight excluding hydrogens is 264 g/mol. The van der Waals surface area contributed by atoms with Crippen molar-refractivity contribution in [1.29, 1.82) is 0 Å². The van der Waals surface area contributed by atoms with Crippen LogP contribution in [0.2, 0.25) is 0 Å². The van der Waals surface area contributed by atoms with Crippen LogP contribution in [0.5, 0.6) is 5.75 Å². The summed E-state index contributed by atoms with van der Waals surface area (Å²) in [6.07, 6.45) is 0. The van der Waals surface area contributed by atoms with Gasteiger partial charge in [-0.2, -0.15) is 0 Å². The summed E-state index contributed by atoms with van der Waals surface area (Å²) in [7, 11) is 0. The Kier molecular flexibility index (Phi) is 3.20. The lowest BCUT2D eigenvalue weighted by atomic mass is 10.1. The highest BCUT2D eigenvalue weighted by molar-refractivity contribution is 6.10. The second-order valence-electron chi connectivity index (χ2n) is 4.76. The van der Waals surface area contributed by atoms with Crippen molar-refractivity contribution < 1.29 is 9.90 Å². The molecule has 0 aliphatic rings. The Morgan fingerprint density at radius 1 is 0.952 bits per heavy atom. The van der Waals surface area contributed by atoms with Crippen LogP contribution in [0.1, 0.15) is 10.4 Å². The van der Waals surface area contributed by atoms with E-state index >= 15 is 0 Å². The summed E-state index contributed by atoms with van der Waals surface area (Å²) >= 11 is 0. The summed E-state index contributed by atoms with van der Waals surface area (Å²) in [4.78, 5) is 12.3. The number of nitrogens with two attached hydrogens (primary N) is 1. The summed E-state index contributed by atoms with van der Waals surface area (Å²) in [5.74, 6) is -0.0503. The molecule has 21 heavy (non-hydrogen) atoms. The molecule has 0 saturated heterocycles. The number of nitrogens with one attached hydrogen (secondary N) is 1. The lowest BCUT2D eigenvalue weighted by Gasteiger charge is -2.10. The first kappa shape index (κ1) is 13.0. The Morgan fingerprint density at radius 2 is 1.67 bits per heavy atom. The number of aromatic hydroxyl groups is 1. The van der Waals surface area contributed by atoms with E-state index < -0.39 is 0 Å². The van der Waals surface area contributed by atoms with E-state index in [-0.39, 0.29) is 11.7 Å². The molecule has 0 radical (unpaired) electrons. The summed E-state index contributed by atoms with van der Waals surface area (Å²) in [5.41, 5.74) is 7.37. The number of amides is 1. The highest BCUT2D eigenvalue weighted by atomic mass is 16.3. The number of carbonyl (C=O) groups excluding carboxylic acids is 1. The largest absolute Gasteiger partial charge is 0.507 e. The number of phenolic OH excluding ortho intramolecular Hbond substituents is 1. The first-order valence-electron chi connectivity index (χ1n) is 6.53. The van der Waals surface area contributed by atoms with E-state index in [0.29, 0.717) is 22.3 Å². The molecule has 1 amide bonds. The molecular formula is C17H14N2O2. The molecule has 3 aromatic rings. The number of hydrogen-bond acceptors (Lipinski definition) is 3. The number of phenols is 1. The highest BCUT2D eigenvalue weighted by Gasteiger charge is 2.09.